The molecule has 2 aromatic rings. The lowest BCUT2D eigenvalue weighted by Crippen LogP contribution is -2.22. The molecule has 2 heterocycles. The molecule has 0 aromatic carbocycles. The summed E-state index contributed by atoms with van der Waals surface area (Å²) in [4.78, 5) is 3.73. The molecule has 0 radical (unpaired) electrons. The van der Waals surface area contributed by atoms with Crippen LogP contribution < -0.4 is 5.73 Å². The summed E-state index contributed by atoms with van der Waals surface area (Å²) >= 11 is 1.79. The molecule has 0 saturated heterocycles. The summed E-state index contributed by atoms with van der Waals surface area (Å²) in [7, 11) is 0. The first-order valence-electron chi connectivity index (χ1n) is 5.83. The SMILES string of the molecule is CCN(Cc1cccs1)Cc1occc1CN. The van der Waals surface area contributed by atoms with Crippen LogP contribution in [0.5, 0.6) is 0 Å². The summed E-state index contributed by atoms with van der Waals surface area (Å²) in [6.07, 6.45) is 1.72. The van der Waals surface area contributed by atoms with Crippen LogP contribution in [0.25, 0.3) is 0 Å². The standard InChI is InChI=1S/C13H18N2OS/c1-2-15(9-12-4-3-7-17-12)10-13-11(8-14)5-6-16-13/h3-7H,2,8-10,14H2,1H3. The fourth-order valence-electron chi connectivity index (χ4n) is 1.79. The van der Waals surface area contributed by atoms with E-state index in [0.29, 0.717) is 6.54 Å². The number of nitrogens with two attached hydrogens (primary N) is 1. The number of nitrogens with zero attached hydrogens (tertiary/aromatic N) is 1. The van der Waals surface area contributed by atoms with Crippen LogP contribution >= 0.6 is 11.3 Å². The van der Waals surface area contributed by atoms with Crippen molar-refractivity contribution < 1.29 is 4.42 Å². The van der Waals surface area contributed by atoms with E-state index in [1.54, 1.807) is 17.6 Å². The fraction of sp³-hybridized carbons (Fsp3) is 0.385. The van der Waals surface area contributed by atoms with Gasteiger partial charge in [-0.25, -0.2) is 0 Å². The van der Waals surface area contributed by atoms with Crippen LogP contribution in [0.15, 0.2) is 34.3 Å². The van der Waals surface area contributed by atoms with Crippen LogP contribution in [0.2, 0.25) is 0 Å². The van der Waals surface area contributed by atoms with Gasteiger partial charge in [-0.1, -0.05) is 13.0 Å². The van der Waals surface area contributed by atoms with Gasteiger partial charge in [0.1, 0.15) is 5.76 Å². The van der Waals surface area contributed by atoms with Crippen molar-refractivity contribution in [3.8, 4) is 0 Å². The van der Waals surface area contributed by atoms with E-state index in [1.807, 2.05) is 6.07 Å². The Morgan fingerprint density at radius 2 is 2.24 bits per heavy atom. The van der Waals surface area contributed by atoms with Gasteiger partial charge in [-0.05, 0) is 24.1 Å². The van der Waals surface area contributed by atoms with Gasteiger partial charge in [-0.3, -0.25) is 4.90 Å². The first kappa shape index (κ1) is 12.4. The molecule has 92 valence electrons. The van der Waals surface area contributed by atoms with Crippen LogP contribution in [-0.2, 0) is 19.6 Å². The Bertz CT molecular complexity index is 436. The molecule has 0 unspecified atom stereocenters. The Hall–Kier alpha value is -1.10. The molecule has 0 amide bonds. The quantitative estimate of drug-likeness (QED) is 0.857. The van der Waals surface area contributed by atoms with Gasteiger partial charge < -0.3 is 10.2 Å². The largest absolute Gasteiger partial charge is 0.468 e. The molecular formula is C13H18N2OS. The molecule has 0 aliphatic heterocycles. The monoisotopic (exact) mass is 250 g/mol. The smallest absolute Gasteiger partial charge is 0.122 e. The van der Waals surface area contributed by atoms with E-state index in [0.717, 1.165) is 31.0 Å². The van der Waals surface area contributed by atoms with Crippen molar-refractivity contribution in [2.75, 3.05) is 6.54 Å². The van der Waals surface area contributed by atoms with E-state index < -0.39 is 0 Å². The molecule has 0 spiro atoms. The van der Waals surface area contributed by atoms with Gasteiger partial charge in [-0.2, -0.15) is 0 Å². The van der Waals surface area contributed by atoms with Crippen molar-refractivity contribution in [2.24, 2.45) is 5.73 Å². The molecule has 17 heavy (non-hydrogen) atoms. The number of rotatable bonds is 6. The van der Waals surface area contributed by atoms with Crippen LogP contribution in [-0.4, -0.2) is 11.4 Å². The first-order valence-corrected chi connectivity index (χ1v) is 6.71. The summed E-state index contributed by atoms with van der Waals surface area (Å²) in [5.41, 5.74) is 6.78. The van der Waals surface area contributed by atoms with Crippen LogP contribution in [0.4, 0.5) is 0 Å². The van der Waals surface area contributed by atoms with Crippen LogP contribution in [0.1, 0.15) is 23.1 Å². The number of furan rings is 1. The molecule has 2 aromatic heterocycles. The minimum atomic E-state index is 0.544. The lowest BCUT2D eigenvalue weighted by atomic mass is 10.2. The van der Waals surface area contributed by atoms with Gasteiger partial charge in [0.15, 0.2) is 0 Å². The van der Waals surface area contributed by atoms with Gasteiger partial charge >= 0.3 is 0 Å². The summed E-state index contributed by atoms with van der Waals surface area (Å²) in [6.45, 7) is 5.51. The van der Waals surface area contributed by atoms with Crippen molar-refractivity contribution >= 4 is 11.3 Å². The highest BCUT2D eigenvalue weighted by molar-refractivity contribution is 7.09. The average molecular weight is 250 g/mol. The van der Waals surface area contributed by atoms with E-state index in [2.05, 4.69) is 29.3 Å². The average Bonchev–Trinajstić information content (AvgIpc) is 2.99. The van der Waals surface area contributed by atoms with E-state index in [9.17, 15) is 0 Å². The van der Waals surface area contributed by atoms with E-state index in [1.165, 1.54) is 4.88 Å². The molecule has 0 bridgehead atoms. The third kappa shape index (κ3) is 3.19. The fourth-order valence-corrected chi connectivity index (χ4v) is 2.54. The molecule has 4 heteroatoms. The Morgan fingerprint density at radius 3 is 2.88 bits per heavy atom. The van der Waals surface area contributed by atoms with Gasteiger partial charge in [0.25, 0.3) is 0 Å². The number of thiophene rings is 1. The summed E-state index contributed by atoms with van der Waals surface area (Å²) < 4.78 is 5.49. The van der Waals surface area contributed by atoms with Gasteiger partial charge in [-0.15, -0.1) is 11.3 Å². The van der Waals surface area contributed by atoms with Crippen LogP contribution in [0, 0.1) is 0 Å². The highest BCUT2D eigenvalue weighted by Gasteiger charge is 2.10. The molecule has 3 nitrogen and oxygen atoms in total. The summed E-state index contributed by atoms with van der Waals surface area (Å²) in [5.74, 6) is 0.992. The van der Waals surface area contributed by atoms with Crippen molar-refractivity contribution in [2.45, 2.75) is 26.6 Å². The minimum Gasteiger partial charge on any atom is -0.468 e. The Kier molecular flexibility index (Phi) is 4.36. The number of hydrogen-bond acceptors (Lipinski definition) is 4. The van der Waals surface area contributed by atoms with Gasteiger partial charge in [0, 0.05) is 23.5 Å². The predicted octanol–water partition coefficient (Wildman–Crippen LogP) is 2.82. The van der Waals surface area contributed by atoms with Crippen molar-refractivity contribution in [1.29, 1.82) is 0 Å². The zero-order valence-electron chi connectivity index (χ0n) is 10.1. The van der Waals surface area contributed by atoms with Crippen LogP contribution in [0.3, 0.4) is 0 Å². The summed E-state index contributed by atoms with van der Waals surface area (Å²) in [6, 6.07) is 6.21. The van der Waals surface area contributed by atoms with Crippen molar-refractivity contribution in [1.82, 2.24) is 4.90 Å². The molecule has 2 N–H and O–H groups in total. The second kappa shape index (κ2) is 6.00. The normalized spacial score (nSPS) is 11.2. The molecular weight excluding hydrogens is 232 g/mol. The second-order valence-electron chi connectivity index (χ2n) is 3.96. The van der Waals surface area contributed by atoms with Crippen molar-refractivity contribution in [3.05, 3.63) is 46.0 Å². The van der Waals surface area contributed by atoms with Crippen molar-refractivity contribution in [3.63, 3.8) is 0 Å². The lowest BCUT2D eigenvalue weighted by Gasteiger charge is -2.18. The topological polar surface area (TPSA) is 42.4 Å². The highest BCUT2D eigenvalue weighted by atomic mass is 32.1. The van der Waals surface area contributed by atoms with E-state index >= 15 is 0 Å². The molecule has 0 aliphatic rings. The lowest BCUT2D eigenvalue weighted by molar-refractivity contribution is 0.248. The Balaban J connectivity index is 2.00. The molecule has 2 rings (SSSR count). The first-order chi connectivity index (χ1) is 8.33. The van der Waals surface area contributed by atoms with E-state index in [4.69, 9.17) is 10.2 Å². The highest BCUT2D eigenvalue weighted by Crippen LogP contribution is 2.16. The summed E-state index contributed by atoms with van der Waals surface area (Å²) in [5, 5.41) is 2.11. The molecule has 0 aliphatic carbocycles. The third-order valence-electron chi connectivity index (χ3n) is 2.83. The maximum absolute atomic E-state index is 5.67. The maximum atomic E-state index is 5.67. The second-order valence-corrected chi connectivity index (χ2v) is 4.99. The number of hydrogen-bond donors (Lipinski definition) is 1. The molecule has 0 fully saturated rings. The molecule has 0 atom stereocenters. The van der Waals surface area contributed by atoms with E-state index in [-0.39, 0.29) is 0 Å². The Morgan fingerprint density at radius 1 is 1.35 bits per heavy atom. The molecule has 0 saturated carbocycles. The third-order valence-corrected chi connectivity index (χ3v) is 3.69. The maximum Gasteiger partial charge on any atom is 0.122 e. The van der Waals surface area contributed by atoms with Gasteiger partial charge in [0.2, 0.25) is 0 Å². The Labute approximate surface area is 106 Å². The van der Waals surface area contributed by atoms with Gasteiger partial charge in [0.05, 0.1) is 12.8 Å². The zero-order chi connectivity index (χ0) is 12.1. The minimum absolute atomic E-state index is 0.544. The zero-order valence-corrected chi connectivity index (χ0v) is 10.9. The predicted molar refractivity (Wildman–Crippen MR) is 70.7 cm³/mol.